The molecule has 2 aromatic rings. The molecule has 0 spiro atoms. The van der Waals surface area contributed by atoms with E-state index in [1.807, 2.05) is 18.5 Å². The van der Waals surface area contributed by atoms with Crippen molar-refractivity contribution in [3.63, 3.8) is 0 Å². The van der Waals surface area contributed by atoms with Crippen molar-refractivity contribution in [2.75, 3.05) is 0 Å². The predicted molar refractivity (Wildman–Crippen MR) is 79.5 cm³/mol. The number of rotatable bonds is 5. The van der Waals surface area contributed by atoms with Gasteiger partial charge in [-0.3, -0.25) is 0 Å². The van der Waals surface area contributed by atoms with Crippen LogP contribution in [0.1, 0.15) is 55.7 Å². The second-order valence-electron chi connectivity index (χ2n) is 6.20. The minimum atomic E-state index is -0.579. The van der Waals surface area contributed by atoms with Crippen LogP contribution in [0.5, 0.6) is 0 Å². The quantitative estimate of drug-likeness (QED) is 0.903. The molecule has 106 valence electrons. The summed E-state index contributed by atoms with van der Waals surface area (Å²) in [6.45, 7) is 4.43. The van der Waals surface area contributed by atoms with Crippen LogP contribution in [-0.2, 0) is 6.42 Å². The van der Waals surface area contributed by atoms with Gasteiger partial charge in [0.25, 0.3) is 0 Å². The molecule has 0 aliphatic heterocycles. The van der Waals surface area contributed by atoms with Gasteiger partial charge in [-0.2, -0.15) is 0 Å². The summed E-state index contributed by atoms with van der Waals surface area (Å²) < 4.78 is 2.12. The van der Waals surface area contributed by atoms with Crippen LogP contribution in [0.4, 0.5) is 0 Å². The molecule has 1 aliphatic rings. The Morgan fingerprint density at radius 3 is 2.85 bits per heavy atom. The molecular weight excluding hydrogens is 248 g/mol. The largest absolute Gasteiger partial charge is 0.382 e. The van der Waals surface area contributed by atoms with Crippen LogP contribution in [0.15, 0.2) is 36.8 Å². The molecule has 1 fully saturated rings. The highest BCUT2D eigenvalue weighted by atomic mass is 16.3. The van der Waals surface area contributed by atoms with E-state index in [0.29, 0.717) is 12.0 Å². The molecule has 1 aliphatic carbocycles. The topological polar surface area (TPSA) is 38.1 Å². The minimum absolute atomic E-state index is 0.543. The molecule has 1 saturated carbocycles. The van der Waals surface area contributed by atoms with Crippen molar-refractivity contribution in [2.24, 2.45) is 5.92 Å². The Balaban J connectivity index is 1.85. The first-order valence-electron chi connectivity index (χ1n) is 7.43. The first-order valence-corrected chi connectivity index (χ1v) is 7.43. The maximum absolute atomic E-state index is 10.6. The zero-order valence-electron chi connectivity index (χ0n) is 12.2. The predicted octanol–water partition coefficient (Wildman–Crippen LogP) is 3.50. The van der Waals surface area contributed by atoms with E-state index >= 15 is 0 Å². The average Bonchev–Trinajstić information content (AvgIpc) is 3.15. The monoisotopic (exact) mass is 270 g/mol. The van der Waals surface area contributed by atoms with E-state index in [4.69, 9.17) is 0 Å². The summed E-state index contributed by atoms with van der Waals surface area (Å²) in [6.07, 6.45) is 6.49. The molecule has 1 unspecified atom stereocenters. The molecule has 0 amide bonds. The zero-order chi connectivity index (χ0) is 14.1. The smallest absolute Gasteiger partial charge is 0.121 e. The van der Waals surface area contributed by atoms with Crippen LogP contribution in [0.2, 0.25) is 0 Å². The molecule has 3 heteroatoms. The molecule has 1 heterocycles. The zero-order valence-corrected chi connectivity index (χ0v) is 12.2. The molecule has 1 atom stereocenters. The lowest BCUT2D eigenvalue weighted by atomic mass is 9.98. The Morgan fingerprint density at radius 1 is 1.35 bits per heavy atom. The lowest BCUT2D eigenvalue weighted by molar-refractivity contribution is 0.209. The van der Waals surface area contributed by atoms with Crippen molar-refractivity contribution in [1.29, 1.82) is 0 Å². The van der Waals surface area contributed by atoms with Gasteiger partial charge in [0.15, 0.2) is 0 Å². The molecule has 1 N–H and O–H groups in total. The van der Waals surface area contributed by atoms with Gasteiger partial charge in [0.05, 0.1) is 18.2 Å². The summed E-state index contributed by atoms with van der Waals surface area (Å²) in [5, 5.41) is 10.6. The number of hydrogen-bond donors (Lipinski definition) is 1. The number of aliphatic hydroxyl groups is 1. The fourth-order valence-corrected chi connectivity index (χ4v) is 2.72. The number of aliphatic hydroxyl groups excluding tert-OH is 1. The summed E-state index contributed by atoms with van der Waals surface area (Å²) >= 11 is 0. The number of nitrogens with zero attached hydrogens (tertiary/aromatic N) is 2. The normalized spacial score (nSPS) is 16.6. The van der Waals surface area contributed by atoms with Gasteiger partial charge in [-0.1, -0.05) is 38.1 Å². The Bertz CT molecular complexity index is 584. The Kier molecular flexibility index (Phi) is 3.62. The van der Waals surface area contributed by atoms with Gasteiger partial charge in [0.1, 0.15) is 6.10 Å². The molecule has 1 aromatic carbocycles. The van der Waals surface area contributed by atoms with Gasteiger partial charge in [-0.25, -0.2) is 4.98 Å². The standard InChI is InChI=1S/C17H22N2O/c1-12(2)8-13-4-3-5-14(9-13)17(20)16-10-18-11-19(16)15-6-7-15/h3-5,9-12,15,17,20H,6-8H2,1-2H3. The van der Waals surface area contributed by atoms with Gasteiger partial charge in [0.2, 0.25) is 0 Å². The molecular formula is C17H22N2O. The third kappa shape index (κ3) is 2.78. The Labute approximate surface area is 120 Å². The first-order chi connectivity index (χ1) is 9.65. The summed E-state index contributed by atoms with van der Waals surface area (Å²) in [6, 6.07) is 8.83. The highest BCUT2D eigenvalue weighted by Crippen LogP contribution is 2.37. The first kappa shape index (κ1) is 13.4. The summed E-state index contributed by atoms with van der Waals surface area (Å²) in [4.78, 5) is 4.20. The van der Waals surface area contributed by atoms with Crippen molar-refractivity contribution in [1.82, 2.24) is 9.55 Å². The van der Waals surface area contributed by atoms with E-state index in [9.17, 15) is 5.11 Å². The van der Waals surface area contributed by atoms with E-state index in [1.54, 1.807) is 6.20 Å². The second-order valence-corrected chi connectivity index (χ2v) is 6.20. The van der Waals surface area contributed by atoms with Crippen molar-refractivity contribution in [2.45, 2.75) is 45.3 Å². The van der Waals surface area contributed by atoms with Crippen LogP contribution in [0, 0.1) is 5.92 Å². The van der Waals surface area contributed by atoms with Crippen molar-refractivity contribution >= 4 is 0 Å². The maximum Gasteiger partial charge on any atom is 0.121 e. The van der Waals surface area contributed by atoms with E-state index in [-0.39, 0.29) is 0 Å². The van der Waals surface area contributed by atoms with E-state index < -0.39 is 6.10 Å². The molecule has 0 saturated heterocycles. The van der Waals surface area contributed by atoms with E-state index in [1.165, 1.54) is 18.4 Å². The fraction of sp³-hybridized carbons (Fsp3) is 0.471. The molecule has 20 heavy (non-hydrogen) atoms. The third-order valence-corrected chi connectivity index (χ3v) is 3.83. The van der Waals surface area contributed by atoms with Crippen molar-refractivity contribution < 1.29 is 5.11 Å². The SMILES string of the molecule is CC(C)Cc1cccc(C(O)c2cncn2C2CC2)c1. The summed E-state index contributed by atoms with van der Waals surface area (Å²) in [5.74, 6) is 0.624. The molecule has 3 nitrogen and oxygen atoms in total. The Morgan fingerprint density at radius 2 is 2.15 bits per heavy atom. The number of hydrogen-bond acceptors (Lipinski definition) is 2. The number of aromatic nitrogens is 2. The van der Waals surface area contributed by atoms with Crippen LogP contribution < -0.4 is 0 Å². The lowest BCUT2D eigenvalue weighted by Crippen LogP contribution is -2.07. The van der Waals surface area contributed by atoms with Gasteiger partial charge in [0, 0.05) is 6.04 Å². The molecule has 1 aromatic heterocycles. The lowest BCUT2D eigenvalue weighted by Gasteiger charge is -2.15. The number of benzene rings is 1. The van der Waals surface area contributed by atoms with Crippen LogP contribution in [0.25, 0.3) is 0 Å². The number of imidazole rings is 1. The van der Waals surface area contributed by atoms with Crippen LogP contribution in [-0.4, -0.2) is 14.7 Å². The average molecular weight is 270 g/mol. The van der Waals surface area contributed by atoms with Crippen molar-refractivity contribution in [3.8, 4) is 0 Å². The molecule has 0 radical (unpaired) electrons. The van der Waals surface area contributed by atoms with E-state index in [2.05, 4.69) is 35.5 Å². The fourth-order valence-electron chi connectivity index (χ4n) is 2.72. The highest BCUT2D eigenvalue weighted by Gasteiger charge is 2.27. The Hall–Kier alpha value is -1.61. The summed E-state index contributed by atoms with van der Waals surface area (Å²) in [5.41, 5.74) is 3.16. The van der Waals surface area contributed by atoms with Gasteiger partial charge < -0.3 is 9.67 Å². The van der Waals surface area contributed by atoms with Crippen molar-refractivity contribution in [3.05, 3.63) is 53.6 Å². The highest BCUT2D eigenvalue weighted by molar-refractivity contribution is 5.30. The second kappa shape index (κ2) is 5.41. The molecule has 0 bridgehead atoms. The van der Waals surface area contributed by atoms with Crippen LogP contribution in [0.3, 0.4) is 0 Å². The third-order valence-electron chi connectivity index (χ3n) is 3.83. The van der Waals surface area contributed by atoms with Gasteiger partial charge in [-0.15, -0.1) is 0 Å². The summed E-state index contributed by atoms with van der Waals surface area (Å²) in [7, 11) is 0. The van der Waals surface area contributed by atoms with Gasteiger partial charge in [-0.05, 0) is 36.3 Å². The van der Waals surface area contributed by atoms with E-state index in [0.717, 1.165) is 17.7 Å². The maximum atomic E-state index is 10.6. The van der Waals surface area contributed by atoms with Crippen LogP contribution >= 0.6 is 0 Å². The van der Waals surface area contributed by atoms with Gasteiger partial charge >= 0.3 is 0 Å². The molecule has 3 rings (SSSR count). The minimum Gasteiger partial charge on any atom is -0.382 e.